The van der Waals surface area contributed by atoms with Gasteiger partial charge < -0.3 is 5.32 Å². The molecule has 1 saturated carbocycles. The van der Waals surface area contributed by atoms with Crippen LogP contribution in [0.4, 0.5) is 0 Å². The maximum atomic E-state index is 12.1. The van der Waals surface area contributed by atoms with E-state index in [0.717, 1.165) is 19.3 Å². The van der Waals surface area contributed by atoms with E-state index >= 15 is 0 Å². The first-order valence-corrected chi connectivity index (χ1v) is 6.15. The smallest absolute Gasteiger partial charge is 0.224 e. The van der Waals surface area contributed by atoms with Gasteiger partial charge in [-0.2, -0.15) is 0 Å². The van der Waals surface area contributed by atoms with Crippen LogP contribution in [0.5, 0.6) is 0 Å². The summed E-state index contributed by atoms with van der Waals surface area (Å²) in [7, 11) is 0. The van der Waals surface area contributed by atoms with Crippen LogP contribution in [0.3, 0.4) is 0 Å². The van der Waals surface area contributed by atoms with Crippen LogP contribution in [0.2, 0.25) is 0 Å². The largest absolute Gasteiger partial charge is 0.346 e. The van der Waals surface area contributed by atoms with Crippen molar-refractivity contribution in [3.63, 3.8) is 0 Å². The Kier molecular flexibility index (Phi) is 4.11. The first-order chi connectivity index (χ1) is 7.34. The van der Waals surface area contributed by atoms with Gasteiger partial charge in [-0.3, -0.25) is 9.59 Å². The van der Waals surface area contributed by atoms with E-state index in [0.29, 0.717) is 0 Å². The number of ketones is 1. The molecule has 92 valence electrons. The van der Waals surface area contributed by atoms with Gasteiger partial charge in [-0.25, -0.2) is 0 Å². The Morgan fingerprint density at radius 2 is 1.94 bits per heavy atom. The standard InChI is InChI=1S/C13H23NO2/c1-9(10(2)15)14-12(16)11-7-5-6-8-13(11,3)4/h9,11H,5-8H2,1-4H3,(H,14,16). The van der Waals surface area contributed by atoms with Crippen LogP contribution in [0.25, 0.3) is 0 Å². The molecule has 3 nitrogen and oxygen atoms in total. The third-order valence-corrected chi connectivity index (χ3v) is 3.79. The molecule has 0 saturated heterocycles. The molecule has 0 radical (unpaired) electrons. The molecule has 1 fully saturated rings. The molecule has 0 aromatic rings. The van der Waals surface area contributed by atoms with Crippen LogP contribution >= 0.6 is 0 Å². The zero-order chi connectivity index (χ0) is 12.3. The zero-order valence-electron chi connectivity index (χ0n) is 10.8. The molecule has 2 unspecified atom stereocenters. The summed E-state index contributed by atoms with van der Waals surface area (Å²) in [5, 5.41) is 2.82. The first-order valence-electron chi connectivity index (χ1n) is 6.15. The lowest BCUT2D eigenvalue weighted by Crippen LogP contribution is -2.46. The topological polar surface area (TPSA) is 46.2 Å². The van der Waals surface area contributed by atoms with E-state index in [1.165, 1.54) is 13.3 Å². The van der Waals surface area contributed by atoms with Gasteiger partial charge in [0.05, 0.1) is 6.04 Å². The van der Waals surface area contributed by atoms with Crippen molar-refractivity contribution in [2.24, 2.45) is 11.3 Å². The van der Waals surface area contributed by atoms with Gasteiger partial charge in [-0.1, -0.05) is 26.7 Å². The Morgan fingerprint density at radius 1 is 1.31 bits per heavy atom. The van der Waals surface area contributed by atoms with Crippen molar-refractivity contribution in [1.29, 1.82) is 0 Å². The van der Waals surface area contributed by atoms with Crippen LogP contribution in [0.15, 0.2) is 0 Å². The summed E-state index contributed by atoms with van der Waals surface area (Å²) in [5.74, 6) is 0.123. The van der Waals surface area contributed by atoms with Gasteiger partial charge >= 0.3 is 0 Å². The van der Waals surface area contributed by atoms with Crippen molar-refractivity contribution in [1.82, 2.24) is 5.32 Å². The number of carbonyl (C=O) groups excluding carboxylic acids is 2. The number of amides is 1. The van der Waals surface area contributed by atoms with E-state index in [-0.39, 0.29) is 29.1 Å². The lowest BCUT2D eigenvalue weighted by molar-refractivity contribution is -0.133. The molecule has 0 heterocycles. The van der Waals surface area contributed by atoms with Gasteiger partial charge in [0, 0.05) is 5.92 Å². The van der Waals surface area contributed by atoms with Crippen LogP contribution < -0.4 is 5.32 Å². The Hall–Kier alpha value is -0.860. The Labute approximate surface area is 98.0 Å². The fourth-order valence-electron chi connectivity index (χ4n) is 2.40. The third kappa shape index (κ3) is 3.06. The predicted molar refractivity (Wildman–Crippen MR) is 64.0 cm³/mol. The molecule has 16 heavy (non-hydrogen) atoms. The van der Waals surface area contributed by atoms with Crippen molar-refractivity contribution in [2.45, 2.75) is 59.4 Å². The van der Waals surface area contributed by atoms with Crippen molar-refractivity contribution in [3.05, 3.63) is 0 Å². The SMILES string of the molecule is CC(=O)C(C)NC(=O)C1CCCCC1(C)C. The van der Waals surface area contributed by atoms with E-state index in [1.54, 1.807) is 6.92 Å². The predicted octanol–water partition coefficient (Wildman–Crippen LogP) is 2.30. The third-order valence-electron chi connectivity index (χ3n) is 3.79. The monoisotopic (exact) mass is 225 g/mol. The first kappa shape index (κ1) is 13.2. The molecule has 3 heteroatoms. The van der Waals surface area contributed by atoms with Crippen LogP contribution in [-0.2, 0) is 9.59 Å². The van der Waals surface area contributed by atoms with Crippen LogP contribution in [0.1, 0.15) is 53.4 Å². The Balaban J connectivity index is 2.62. The minimum Gasteiger partial charge on any atom is -0.346 e. The fourth-order valence-corrected chi connectivity index (χ4v) is 2.40. The Morgan fingerprint density at radius 3 is 2.44 bits per heavy atom. The summed E-state index contributed by atoms with van der Waals surface area (Å²) in [5.41, 5.74) is 0.0683. The van der Waals surface area contributed by atoms with Gasteiger partial charge in [0.25, 0.3) is 0 Å². The van der Waals surface area contributed by atoms with Gasteiger partial charge in [0.2, 0.25) is 5.91 Å². The Bertz CT molecular complexity index is 284. The lowest BCUT2D eigenvalue weighted by Gasteiger charge is -2.37. The molecule has 0 aliphatic heterocycles. The highest BCUT2D eigenvalue weighted by atomic mass is 16.2. The second kappa shape index (κ2) is 4.98. The minimum absolute atomic E-state index is 0.0157. The highest BCUT2D eigenvalue weighted by molar-refractivity contribution is 5.88. The van der Waals surface area contributed by atoms with Crippen LogP contribution in [0, 0.1) is 11.3 Å². The van der Waals surface area contributed by atoms with Gasteiger partial charge in [0.15, 0.2) is 5.78 Å². The minimum atomic E-state index is -0.356. The highest BCUT2D eigenvalue weighted by Crippen LogP contribution is 2.40. The van der Waals surface area contributed by atoms with Gasteiger partial charge in [0.1, 0.15) is 0 Å². The summed E-state index contributed by atoms with van der Waals surface area (Å²) in [6, 6.07) is -0.356. The van der Waals surface area contributed by atoms with Crippen molar-refractivity contribution >= 4 is 11.7 Å². The lowest BCUT2D eigenvalue weighted by atomic mass is 9.68. The number of Topliss-reactive ketones (excluding diaryl/α,β-unsaturated/α-hetero) is 1. The number of carbonyl (C=O) groups is 2. The van der Waals surface area contributed by atoms with Gasteiger partial charge in [-0.05, 0) is 32.1 Å². The molecular formula is C13H23NO2. The van der Waals surface area contributed by atoms with Gasteiger partial charge in [-0.15, -0.1) is 0 Å². The number of rotatable bonds is 3. The number of nitrogens with one attached hydrogen (secondary N) is 1. The van der Waals surface area contributed by atoms with Crippen molar-refractivity contribution < 1.29 is 9.59 Å². The second-order valence-corrected chi connectivity index (χ2v) is 5.63. The molecular weight excluding hydrogens is 202 g/mol. The second-order valence-electron chi connectivity index (χ2n) is 5.63. The number of hydrogen-bond donors (Lipinski definition) is 1. The molecule has 0 bridgehead atoms. The maximum Gasteiger partial charge on any atom is 0.224 e. The normalized spacial score (nSPS) is 25.9. The molecule has 1 rings (SSSR count). The summed E-state index contributed by atoms with van der Waals surface area (Å²) in [6.07, 6.45) is 4.37. The average Bonchev–Trinajstić information content (AvgIpc) is 2.16. The fraction of sp³-hybridized carbons (Fsp3) is 0.846. The van der Waals surface area contributed by atoms with E-state index in [9.17, 15) is 9.59 Å². The van der Waals surface area contributed by atoms with E-state index in [4.69, 9.17) is 0 Å². The molecule has 2 atom stereocenters. The molecule has 0 spiro atoms. The molecule has 1 aliphatic carbocycles. The summed E-state index contributed by atoms with van der Waals surface area (Å²) >= 11 is 0. The van der Waals surface area contributed by atoms with E-state index in [2.05, 4.69) is 19.2 Å². The van der Waals surface area contributed by atoms with Crippen molar-refractivity contribution in [3.8, 4) is 0 Å². The maximum absolute atomic E-state index is 12.1. The summed E-state index contributed by atoms with van der Waals surface area (Å²) < 4.78 is 0. The van der Waals surface area contributed by atoms with E-state index in [1.807, 2.05) is 0 Å². The van der Waals surface area contributed by atoms with Crippen molar-refractivity contribution in [2.75, 3.05) is 0 Å². The summed E-state index contributed by atoms with van der Waals surface area (Å²) in [4.78, 5) is 23.2. The van der Waals surface area contributed by atoms with E-state index < -0.39 is 0 Å². The zero-order valence-corrected chi connectivity index (χ0v) is 10.8. The molecule has 0 aromatic heterocycles. The highest BCUT2D eigenvalue weighted by Gasteiger charge is 2.37. The summed E-state index contributed by atoms with van der Waals surface area (Å²) in [6.45, 7) is 7.55. The average molecular weight is 225 g/mol. The van der Waals surface area contributed by atoms with Crippen LogP contribution in [-0.4, -0.2) is 17.7 Å². The molecule has 1 amide bonds. The quantitative estimate of drug-likeness (QED) is 0.801. The molecule has 1 N–H and O–H groups in total. The number of hydrogen-bond acceptors (Lipinski definition) is 2. The molecule has 1 aliphatic rings. The molecule has 0 aromatic carbocycles.